The Hall–Kier alpha value is -3.55. The van der Waals surface area contributed by atoms with E-state index in [9.17, 15) is 9.90 Å². The van der Waals surface area contributed by atoms with Crippen molar-refractivity contribution in [1.29, 1.82) is 0 Å². The number of benzene rings is 3. The highest BCUT2D eigenvalue weighted by atomic mass is 16.5. The Balaban J connectivity index is 2.06. The topological polar surface area (TPSA) is 55.8 Å². The first kappa shape index (κ1) is 19.2. The van der Waals surface area contributed by atoms with Crippen LogP contribution in [0.25, 0.3) is 0 Å². The number of carbonyl (C=O) groups excluding carboxylic acids is 1. The largest absolute Gasteiger partial charge is 0.497 e. The Kier molecular flexibility index (Phi) is 5.78. The van der Waals surface area contributed by atoms with Crippen LogP contribution in [0.1, 0.15) is 21.5 Å². The van der Waals surface area contributed by atoms with Gasteiger partial charge in [-0.15, -0.1) is 0 Å². The number of Topliss-reactive ketones (excluding diaryl/α,β-unsaturated/α-hetero) is 1. The molecule has 3 aromatic rings. The minimum Gasteiger partial charge on any atom is -0.497 e. The van der Waals surface area contributed by atoms with Crippen LogP contribution in [-0.2, 0) is 5.60 Å². The zero-order valence-electron chi connectivity index (χ0n) is 15.7. The molecule has 3 aromatic carbocycles. The van der Waals surface area contributed by atoms with Gasteiger partial charge in [0.2, 0.25) is 11.4 Å². The lowest BCUT2D eigenvalue weighted by Crippen LogP contribution is -2.34. The molecular formula is C24H20O4. The second-order valence-corrected chi connectivity index (χ2v) is 6.11. The SMILES string of the molecule is COc1ccc(C(=O)[C@@](O)(C#Cc2ccccc2)c2ccc(OC)cc2)cc1. The van der Waals surface area contributed by atoms with Crippen molar-refractivity contribution in [1.82, 2.24) is 0 Å². The maximum atomic E-state index is 13.2. The highest BCUT2D eigenvalue weighted by Gasteiger charge is 2.37. The molecule has 0 fully saturated rings. The molecule has 0 radical (unpaired) electrons. The Labute approximate surface area is 164 Å². The molecule has 0 unspecified atom stereocenters. The molecule has 140 valence electrons. The van der Waals surface area contributed by atoms with E-state index in [-0.39, 0.29) is 0 Å². The summed E-state index contributed by atoms with van der Waals surface area (Å²) < 4.78 is 10.3. The molecule has 4 nitrogen and oxygen atoms in total. The predicted octanol–water partition coefficient (Wildman–Crippen LogP) is 3.83. The first-order chi connectivity index (χ1) is 13.6. The van der Waals surface area contributed by atoms with Crippen LogP contribution in [-0.4, -0.2) is 25.1 Å². The fourth-order valence-electron chi connectivity index (χ4n) is 2.73. The lowest BCUT2D eigenvalue weighted by molar-refractivity contribution is 0.0553. The maximum absolute atomic E-state index is 13.2. The van der Waals surface area contributed by atoms with Gasteiger partial charge in [-0.3, -0.25) is 4.79 Å². The van der Waals surface area contributed by atoms with Crippen LogP contribution in [0, 0.1) is 11.8 Å². The summed E-state index contributed by atoms with van der Waals surface area (Å²) in [4.78, 5) is 13.2. The van der Waals surface area contributed by atoms with Crippen molar-refractivity contribution in [2.24, 2.45) is 0 Å². The van der Waals surface area contributed by atoms with Gasteiger partial charge in [-0.05, 0) is 54.5 Å². The molecule has 0 amide bonds. The quantitative estimate of drug-likeness (QED) is 0.546. The summed E-state index contributed by atoms with van der Waals surface area (Å²) in [5, 5.41) is 11.4. The van der Waals surface area contributed by atoms with Crippen molar-refractivity contribution in [2.75, 3.05) is 14.2 Å². The van der Waals surface area contributed by atoms with Crippen LogP contribution >= 0.6 is 0 Å². The number of aliphatic hydroxyl groups is 1. The van der Waals surface area contributed by atoms with Gasteiger partial charge in [0.05, 0.1) is 14.2 Å². The van der Waals surface area contributed by atoms with E-state index in [1.165, 1.54) is 0 Å². The Morgan fingerprint density at radius 2 is 1.36 bits per heavy atom. The Morgan fingerprint density at radius 1 is 0.821 bits per heavy atom. The van der Waals surface area contributed by atoms with E-state index in [4.69, 9.17) is 9.47 Å². The van der Waals surface area contributed by atoms with Crippen LogP contribution in [0.15, 0.2) is 78.9 Å². The second-order valence-electron chi connectivity index (χ2n) is 6.11. The van der Waals surface area contributed by atoms with Gasteiger partial charge in [0.1, 0.15) is 11.5 Å². The van der Waals surface area contributed by atoms with E-state index in [0.29, 0.717) is 28.2 Å². The summed E-state index contributed by atoms with van der Waals surface area (Å²) in [6.45, 7) is 0. The lowest BCUT2D eigenvalue weighted by Gasteiger charge is -2.22. The molecule has 0 aliphatic rings. The van der Waals surface area contributed by atoms with Crippen molar-refractivity contribution in [2.45, 2.75) is 5.60 Å². The second kappa shape index (κ2) is 8.43. The average Bonchev–Trinajstić information content (AvgIpc) is 2.77. The summed E-state index contributed by atoms with van der Waals surface area (Å²) in [7, 11) is 3.11. The molecule has 0 aliphatic carbocycles. The van der Waals surface area contributed by atoms with Crippen LogP contribution in [0.3, 0.4) is 0 Å². The van der Waals surface area contributed by atoms with Crippen molar-refractivity contribution >= 4 is 5.78 Å². The van der Waals surface area contributed by atoms with E-state index in [0.717, 1.165) is 0 Å². The van der Waals surface area contributed by atoms with E-state index in [1.807, 2.05) is 30.3 Å². The minimum atomic E-state index is -2.00. The monoisotopic (exact) mass is 372 g/mol. The molecule has 1 atom stereocenters. The summed E-state index contributed by atoms with van der Waals surface area (Å²) >= 11 is 0. The van der Waals surface area contributed by atoms with Gasteiger partial charge < -0.3 is 14.6 Å². The Bertz CT molecular complexity index is 996. The number of hydrogen-bond donors (Lipinski definition) is 1. The first-order valence-corrected chi connectivity index (χ1v) is 8.71. The molecular weight excluding hydrogens is 352 g/mol. The molecule has 28 heavy (non-hydrogen) atoms. The number of carbonyl (C=O) groups is 1. The summed E-state index contributed by atoms with van der Waals surface area (Å²) in [6.07, 6.45) is 0. The third kappa shape index (κ3) is 4.06. The fraction of sp³-hybridized carbons (Fsp3) is 0.125. The maximum Gasteiger partial charge on any atom is 0.215 e. The predicted molar refractivity (Wildman–Crippen MR) is 108 cm³/mol. The fourth-order valence-corrected chi connectivity index (χ4v) is 2.73. The van der Waals surface area contributed by atoms with Gasteiger partial charge in [-0.25, -0.2) is 0 Å². The van der Waals surface area contributed by atoms with E-state index >= 15 is 0 Å². The van der Waals surface area contributed by atoms with Crippen molar-refractivity contribution < 1.29 is 19.4 Å². The summed E-state index contributed by atoms with van der Waals surface area (Å²) in [5.41, 5.74) is -0.590. The molecule has 0 aliphatic heterocycles. The third-order valence-corrected chi connectivity index (χ3v) is 4.35. The first-order valence-electron chi connectivity index (χ1n) is 8.71. The zero-order valence-corrected chi connectivity index (χ0v) is 15.7. The van der Waals surface area contributed by atoms with Crippen LogP contribution in [0.2, 0.25) is 0 Å². The number of methoxy groups -OCH3 is 2. The molecule has 3 rings (SSSR count). The smallest absolute Gasteiger partial charge is 0.215 e. The van der Waals surface area contributed by atoms with Gasteiger partial charge >= 0.3 is 0 Å². The molecule has 0 aromatic heterocycles. The summed E-state index contributed by atoms with van der Waals surface area (Å²) in [6, 6.07) is 22.4. The van der Waals surface area contributed by atoms with Gasteiger partial charge in [-0.2, -0.15) is 0 Å². The standard InChI is InChI=1S/C24H20O4/c1-27-21-12-8-19(9-13-21)23(25)24(26,17-16-18-6-4-3-5-7-18)20-10-14-22(28-2)15-11-20/h3-15,26H,1-2H3/t24-/m1/s1. The van der Waals surface area contributed by atoms with Gasteiger partial charge in [-0.1, -0.05) is 36.3 Å². The normalized spacial score (nSPS) is 12.2. The summed E-state index contributed by atoms with van der Waals surface area (Å²) in [5.74, 6) is 6.42. The van der Waals surface area contributed by atoms with Crippen molar-refractivity contribution in [3.63, 3.8) is 0 Å². The molecule has 0 bridgehead atoms. The van der Waals surface area contributed by atoms with E-state index in [2.05, 4.69) is 11.8 Å². The molecule has 0 saturated heterocycles. The van der Waals surface area contributed by atoms with Crippen molar-refractivity contribution in [3.8, 4) is 23.3 Å². The van der Waals surface area contributed by atoms with Crippen LogP contribution < -0.4 is 9.47 Å². The molecule has 0 spiro atoms. The lowest BCUT2D eigenvalue weighted by atomic mass is 9.86. The average molecular weight is 372 g/mol. The minimum absolute atomic E-state index is 0.335. The van der Waals surface area contributed by atoms with E-state index in [1.54, 1.807) is 62.8 Å². The van der Waals surface area contributed by atoms with Gasteiger partial charge in [0.25, 0.3) is 0 Å². The third-order valence-electron chi connectivity index (χ3n) is 4.35. The molecule has 0 saturated carbocycles. The molecule has 1 N–H and O–H groups in total. The number of ether oxygens (including phenoxy) is 2. The number of rotatable bonds is 5. The van der Waals surface area contributed by atoms with E-state index < -0.39 is 11.4 Å². The van der Waals surface area contributed by atoms with Crippen molar-refractivity contribution in [3.05, 3.63) is 95.6 Å². The number of hydrogen-bond acceptors (Lipinski definition) is 4. The number of ketones is 1. The van der Waals surface area contributed by atoms with Gasteiger partial charge in [0, 0.05) is 16.7 Å². The van der Waals surface area contributed by atoms with Gasteiger partial charge in [0.15, 0.2) is 0 Å². The highest BCUT2D eigenvalue weighted by Crippen LogP contribution is 2.28. The zero-order chi connectivity index (χ0) is 20.0. The highest BCUT2D eigenvalue weighted by molar-refractivity contribution is 6.05. The molecule has 0 heterocycles. The Morgan fingerprint density at radius 3 is 1.89 bits per heavy atom. The van der Waals surface area contributed by atoms with Crippen LogP contribution in [0.5, 0.6) is 11.5 Å². The molecule has 4 heteroatoms. The van der Waals surface area contributed by atoms with Crippen LogP contribution in [0.4, 0.5) is 0 Å².